The number of carbonyl (C=O) groups is 2. The third-order valence-electron chi connectivity index (χ3n) is 9.54. The normalized spacial score (nSPS) is 28.9. The summed E-state index contributed by atoms with van der Waals surface area (Å²) in [5, 5.41) is 3.12. The van der Waals surface area contributed by atoms with E-state index in [4.69, 9.17) is 4.74 Å². The van der Waals surface area contributed by atoms with Crippen LogP contribution in [0.2, 0.25) is 0 Å². The van der Waals surface area contributed by atoms with Gasteiger partial charge >= 0.3 is 5.97 Å². The van der Waals surface area contributed by atoms with Crippen molar-refractivity contribution in [2.24, 2.45) is 23.2 Å². The summed E-state index contributed by atoms with van der Waals surface area (Å²) >= 11 is 0. The molecular formula is C30H36N2O5S. The van der Waals surface area contributed by atoms with Crippen LogP contribution in [0.15, 0.2) is 53.4 Å². The highest BCUT2D eigenvalue weighted by Gasteiger charge is 2.53. The Bertz CT molecular complexity index is 1300. The van der Waals surface area contributed by atoms with Crippen molar-refractivity contribution in [1.29, 1.82) is 0 Å². The fraction of sp³-hybridized carbons (Fsp3) is 0.533. The number of sulfonamides is 1. The number of nitrogens with one attached hydrogen (secondary N) is 1. The van der Waals surface area contributed by atoms with E-state index in [-0.39, 0.29) is 34.4 Å². The minimum atomic E-state index is -3.69. The van der Waals surface area contributed by atoms with Crippen LogP contribution in [0.25, 0.3) is 0 Å². The summed E-state index contributed by atoms with van der Waals surface area (Å²) in [6.07, 6.45) is 8.30. The zero-order valence-electron chi connectivity index (χ0n) is 21.9. The van der Waals surface area contributed by atoms with Gasteiger partial charge in [0, 0.05) is 19.1 Å². The molecule has 202 valence electrons. The lowest BCUT2D eigenvalue weighted by Gasteiger charge is -2.59. The summed E-state index contributed by atoms with van der Waals surface area (Å²) in [5.41, 5.74) is 2.59. The first-order valence-corrected chi connectivity index (χ1v) is 15.3. The Hall–Kier alpha value is -2.71. The Kier molecular flexibility index (Phi) is 6.59. The largest absolute Gasteiger partial charge is 0.452 e. The van der Waals surface area contributed by atoms with Gasteiger partial charge in [0.1, 0.15) is 0 Å². The first kappa shape index (κ1) is 25.6. The second-order valence-electron chi connectivity index (χ2n) is 12.0. The minimum Gasteiger partial charge on any atom is -0.452 e. The molecule has 0 saturated heterocycles. The van der Waals surface area contributed by atoms with Crippen LogP contribution < -0.4 is 5.32 Å². The molecule has 7 nitrogen and oxygen atoms in total. The molecule has 5 aliphatic rings. The number of benzene rings is 2. The van der Waals surface area contributed by atoms with E-state index in [0.717, 1.165) is 23.3 Å². The summed E-state index contributed by atoms with van der Waals surface area (Å²) in [6.45, 7) is 2.51. The summed E-state index contributed by atoms with van der Waals surface area (Å²) < 4.78 is 33.1. The van der Waals surface area contributed by atoms with Gasteiger partial charge in [0.05, 0.1) is 10.5 Å². The molecule has 1 atom stereocenters. The van der Waals surface area contributed by atoms with E-state index in [1.807, 2.05) is 24.3 Å². The van der Waals surface area contributed by atoms with Crippen LogP contribution in [0.1, 0.15) is 66.9 Å². The van der Waals surface area contributed by atoms with Crippen molar-refractivity contribution in [3.05, 3.63) is 65.2 Å². The van der Waals surface area contributed by atoms with Gasteiger partial charge in [-0.3, -0.25) is 4.79 Å². The fourth-order valence-corrected chi connectivity index (χ4v) is 9.36. The number of rotatable bonds is 7. The molecule has 4 saturated carbocycles. The van der Waals surface area contributed by atoms with Crippen molar-refractivity contribution in [2.45, 2.75) is 69.4 Å². The molecule has 4 bridgehead atoms. The number of esters is 1. The maximum atomic E-state index is 13.2. The smallest absolute Gasteiger partial charge is 0.338 e. The van der Waals surface area contributed by atoms with Gasteiger partial charge in [-0.15, -0.1) is 0 Å². The molecule has 2 aromatic rings. The number of nitrogens with zero attached hydrogens (tertiary/aromatic N) is 1. The van der Waals surface area contributed by atoms with Crippen LogP contribution >= 0.6 is 0 Å². The number of carbonyl (C=O) groups excluding carboxylic acids is 2. The second kappa shape index (κ2) is 9.79. The lowest BCUT2D eigenvalue weighted by Crippen LogP contribution is -2.56. The van der Waals surface area contributed by atoms with Gasteiger partial charge in [-0.1, -0.05) is 24.3 Å². The standard InChI is InChI=1S/C30H36N2O5S/c1-20(30-15-21-12-22(16-30)14-23(13-21)17-30)31-28(33)19-37-29(34)25-6-8-27(9-7-25)38(35,36)32-11-10-24-4-2-3-5-26(24)18-32/h2-9,20-23H,10-19H2,1H3,(H,31,33)/t20-,21?,22?,23?,30?/m1/s1. The van der Waals surface area contributed by atoms with Crippen molar-refractivity contribution >= 4 is 21.9 Å². The molecule has 1 amide bonds. The molecule has 0 radical (unpaired) electrons. The second-order valence-corrected chi connectivity index (χ2v) is 14.0. The molecule has 0 aromatic heterocycles. The predicted octanol–water partition coefficient (Wildman–Crippen LogP) is 4.31. The first-order chi connectivity index (χ1) is 18.2. The highest BCUT2D eigenvalue weighted by Crippen LogP contribution is 2.61. The molecule has 4 fully saturated rings. The van der Waals surface area contributed by atoms with Gasteiger partial charge in [-0.2, -0.15) is 4.31 Å². The van der Waals surface area contributed by atoms with Gasteiger partial charge < -0.3 is 10.1 Å². The van der Waals surface area contributed by atoms with E-state index in [2.05, 4.69) is 12.2 Å². The fourth-order valence-electron chi connectivity index (χ4n) is 7.95. The lowest BCUT2D eigenvalue weighted by atomic mass is 9.48. The van der Waals surface area contributed by atoms with Crippen LogP contribution in [0, 0.1) is 23.2 Å². The highest BCUT2D eigenvalue weighted by atomic mass is 32.2. The van der Waals surface area contributed by atoms with E-state index in [1.54, 1.807) is 0 Å². The molecule has 38 heavy (non-hydrogen) atoms. The van der Waals surface area contributed by atoms with E-state index in [0.29, 0.717) is 19.5 Å². The summed E-state index contributed by atoms with van der Waals surface area (Å²) in [7, 11) is -3.69. The summed E-state index contributed by atoms with van der Waals surface area (Å²) in [5.74, 6) is 1.48. The number of amides is 1. The zero-order valence-corrected chi connectivity index (χ0v) is 22.7. The number of hydrogen-bond donors (Lipinski definition) is 1. The molecule has 8 heteroatoms. The highest BCUT2D eigenvalue weighted by molar-refractivity contribution is 7.89. The Morgan fingerprint density at radius 3 is 2.21 bits per heavy atom. The SMILES string of the molecule is C[C@@H](NC(=O)COC(=O)c1ccc(S(=O)(=O)N2CCc3ccccc3C2)cc1)C12CC3CC(CC(C3)C1)C2. The molecule has 4 aliphatic carbocycles. The van der Waals surface area contributed by atoms with Gasteiger partial charge in [-0.05, 0) is 110 Å². The van der Waals surface area contributed by atoms with Gasteiger partial charge in [-0.25, -0.2) is 13.2 Å². The van der Waals surface area contributed by atoms with Gasteiger partial charge in [0.15, 0.2) is 6.61 Å². The van der Waals surface area contributed by atoms with E-state index in [1.165, 1.54) is 72.7 Å². The Morgan fingerprint density at radius 1 is 0.974 bits per heavy atom. The van der Waals surface area contributed by atoms with E-state index < -0.39 is 16.0 Å². The average Bonchev–Trinajstić information content (AvgIpc) is 2.90. The quantitative estimate of drug-likeness (QED) is 0.533. The number of ether oxygens (including phenoxy) is 1. The Morgan fingerprint density at radius 2 is 1.58 bits per heavy atom. The van der Waals surface area contributed by atoms with Crippen molar-refractivity contribution in [1.82, 2.24) is 9.62 Å². The third-order valence-corrected chi connectivity index (χ3v) is 11.4. The van der Waals surface area contributed by atoms with Crippen LogP contribution in [-0.2, 0) is 32.5 Å². The first-order valence-electron chi connectivity index (χ1n) is 13.9. The summed E-state index contributed by atoms with van der Waals surface area (Å²) in [4.78, 5) is 25.4. The van der Waals surface area contributed by atoms with Crippen molar-refractivity contribution < 1.29 is 22.7 Å². The average molecular weight is 537 g/mol. The molecule has 1 aliphatic heterocycles. The van der Waals surface area contributed by atoms with Crippen LogP contribution in [-0.4, -0.2) is 43.8 Å². The topological polar surface area (TPSA) is 92.8 Å². The maximum absolute atomic E-state index is 13.2. The van der Waals surface area contributed by atoms with Crippen LogP contribution in [0.3, 0.4) is 0 Å². The van der Waals surface area contributed by atoms with E-state index in [9.17, 15) is 18.0 Å². The van der Waals surface area contributed by atoms with Crippen molar-refractivity contribution in [3.63, 3.8) is 0 Å². The van der Waals surface area contributed by atoms with Crippen LogP contribution in [0.5, 0.6) is 0 Å². The third kappa shape index (κ3) is 4.77. The molecule has 0 spiro atoms. The monoisotopic (exact) mass is 536 g/mol. The van der Waals surface area contributed by atoms with Gasteiger partial charge in [0.2, 0.25) is 10.0 Å². The van der Waals surface area contributed by atoms with Crippen LogP contribution in [0.4, 0.5) is 0 Å². The Labute approximate surface area is 225 Å². The molecule has 1 N–H and O–H groups in total. The number of fused-ring (bicyclic) bond motifs is 1. The zero-order chi connectivity index (χ0) is 26.5. The Balaban J connectivity index is 1.03. The van der Waals surface area contributed by atoms with Crippen molar-refractivity contribution in [2.75, 3.05) is 13.2 Å². The number of hydrogen-bond acceptors (Lipinski definition) is 5. The molecule has 0 unspecified atom stereocenters. The molecule has 7 rings (SSSR count). The molecular weight excluding hydrogens is 500 g/mol. The van der Waals surface area contributed by atoms with Gasteiger partial charge in [0.25, 0.3) is 5.91 Å². The lowest BCUT2D eigenvalue weighted by molar-refractivity contribution is -0.128. The minimum absolute atomic E-state index is 0.0633. The van der Waals surface area contributed by atoms with E-state index >= 15 is 0 Å². The molecule has 2 aromatic carbocycles. The maximum Gasteiger partial charge on any atom is 0.338 e. The summed E-state index contributed by atoms with van der Waals surface area (Å²) in [6, 6.07) is 13.7. The predicted molar refractivity (Wildman–Crippen MR) is 143 cm³/mol. The van der Waals surface area contributed by atoms with Crippen molar-refractivity contribution in [3.8, 4) is 0 Å². The molecule has 1 heterocycles.